The van der Waals surface area contributed by atoms with Gasteiger partial charge in [-0.05, 0) is 25.3 Å². The molecule has 1 aromatic rings. The monoisotopic (exact) mass is 374 g/mol. The van der Waals surface area contributed by atoms with Gasteiger partial charge in [0.2, 0.25) is 11.8 Å². The molecule has 1 aromatic carbocycles. The standard InChI is InChI=1S/C20H26N2O5/c1-3-27-20(26)19(25)16-10-7-13-22(16)18(24)12-11-17(23)21(2)14-15-8-5-4-6-9-15/h4-6,8-9,16H,3,7,10-14H2,1-2H3. The Morgan fingerprint density at radius 3 is 2.52 bits per heavy atom. The average Bonchev–Trinajstić information content (AvgIpc) is 3.16. The molecule has 0 spiro atoms. The summed E-state index contributed by atoms with van der Waals surface area (Å²) in [4.78, 5) is 51.6. The number of hydrogen-bond donors (Lipinski definition) is 0. The summed E-state index contributed by atoms with van der Waals surface area (Å²) in [5.41, 5.74) is 1.01. The Morgan fingerprint density at radius 1 is 1.15 bits per heavy atom. The molecular formula is C20H26N2O5. The van der Waals surface area contributed by atoms with Crippen LogP contribution in [0.15, 0.2) is 30.3 Å². The summed E-state index contributed by atoms with van der Waals surface area (Å²) in [6.45, 7) is 2.64. The van der Waals surface area contributed by atoms with Gasteiger partial charge in [-0.3, -0.25) is 14.4 Å². The molecule has 1 aliphatic rings. The van der Waals surface area contributed by atoms with E-state index in [0.29, 0.717) is 25.9 Å². The van der Waals surface area contributed by atoms with E-state index in [1.807, 2.05) is 30.3 Å². The Kier molecular flexibility index (Phi) is 7.52. The minimum atomic E-state index is -0.902. The van der Waals surface area contributed by atoms with E-state index in [-0.39, 0.29) is 31.3 Å². The highest BCUT2D eigenvalue weighted by Gasteiger charge is 2.37. The molecule has 1 atom stereocenters. The van der Waals surface area contributed by atoms with Crippen molar-refractivity contribution in [3.63, 3.8) is 0 Å². The molecule has 0 aliphatic carbocycles. The summed E-state index contributed by atoms with van der Waals surface area (Å²) in [7, 11) is 1.70. The van der Waals surface area contributed by atoms with Gasteiger partial charge in [-0.15, -0.1) is 0 Å². The van der Waals surface area contributed by atoms with Crippen molar-refractivity contribution in [3.8, 4) is 0 Å². The Balaban J connectivity index is 1.85. The second-order valence-electron chi connectivity index (χ2n) is 6.57. The van der Waals surface area contributed by atoms with E-state index in [4.69, 9.17) is 4.74 Å². The molecule has 0 radical (unpaired) electrons. The molecular weight excluding hydrogens is 348 g/mol. The van der Waals surface area contributed by atoms with Crippen LogP contribution < -0.4 is 0 Å². The van der Waals surface area contributed by atoms with Gasteiger partial charge in [0.05, 0.1) is 6.61 Å². The zero-order valence-corrected chi connectivity index (χ0v) is 15.8. The molecule has 1 aliphatic heterocycles. The molecule has 27 heavy (non-hydrogen) atoms. The van der Waals surface area contributed by atoms with Gasteiger partial charge >= 0.3 is 5.97 Å². The van der Waals surface area contributed by atoms with Crippen molar-refractivity contribution in [2.45, 2.75) is 45.2 Å². The van der Waals surface area contributed by atoms with Crippen molar-refractivity contribution in [3.05, 3.63) is 35.9 Å². The fourth-order valence-corrected chi connectivity index (χ4v) is 3.17. The third-order valence-corrected chi connectivity index (χ3v) is 4.59. The minimum Gasteiger partial charge on any atom is -0.460 e. The highest BCUT2D eigenvalue weighted by Crippen LogP contribution is 2.20. The Labute approximate surface area is 159 Å². The topological polar surface area (TPSA) is 84.0 Å². The van der Waals surface area contributed by atoms with Crippen molar-refractivity contribution in [1.29, 1.82) is 0 Å². The van der Waals surface area contributed by atoms with Gasteiger partial charge in [0, 0.05) is 33.0 Å². The van der Waals surface area contributed by atoms with Crippen LogP contribution in [-0.2, 0) is 30.5 Å². The normalized spacial score (nSPS) is 16.1. The zero-order valence-electron chi connectivity index (χ0n) is 15.8. The van der Waals surface area contributed by atoms with Crippen LogP contribution in [0.5, 0.6) is 0 Å². The first-order valence-corrected chi connectivity index (χ1v) is 9.22. The smallest absolute Gasteiger partial charge is 0.376 e. The second-order valence-corrected chi connectivity index (χ2v) is 6.57. The number of amides is 2. The largest absolute Gasteiger partial charge is 0.460 e. The van der Waals surface area contributed by atoms with E-state index in [2.05, 4.69) is 0 Å². The molecule has 1 unspecified atom stereocenters. The Hall–Kier alpha value is -2.70. The molecule has 146 valence electrons. The number of likely N-dealkylation sites (tertiary alicyclic amines) is 1. The molecule has 7 heteroatoms. The number of esters is 1. The fourth-order valence-electron chi connectivity index (χ4n) is 3.17. The summed E-state index contributed by atoms with van der Waals surface area (Å²) in [5, 5.41) is 0. The molecule has 2 rings (SSSR count). The van der Waals surface area contributed by atoms with Gasteiger partial charge in [0.25, 0.3) is 5.78 Å². The number of ether oxygens (including phenoxy) is 1. The van der Waals surface area contributed by atoms with Crippen LogP contribution in [0.3, 0.4) is 0 Å². The Morgan fingerprint density at radius 2 is 1.85 bits per heavy atom. The number of hydrogen-bond acceptors (Lipinski definition) is 5. The summed E-state index contributed by atoms with van der Waals surface area (Å²) < 4.78 is 4.74. The number of benzene rings is 1. The van der Waals surface area contributed by atoms with E-state index in [0.717, 1.165) is 5.56 Å². The molecule has 0 aromatic heterocycles. The van der Waals surface area contributed by atoms with Gasteiger partial charge in [0.1, 0.15) is 6.04 Å². The number of ketones is 1. The van der Waals surface area contributed by atoms with E-state index in [1.165, 1.54) is 4.90 Å². The van der Waals surface area contributed by atoms with Gasteiger partial charge in [-0.25, -0.2) is 4.79 Å². The number of carbonyl (C=O) groups is 4. The van der Waals surface area contributed by atoms with Crippen LogP contribution in [0.4, 0.5) is 0 Å². The zero-order chi connectivity index (χ0) is 19.8. The second kappa shape index (κ2) is 9.85. The maximum atomic E-state index is 12.5. The summed E-state index contributed by atoms with van der Waals surface area (Å²) in [6.07, 6.45) is 1.19. The molecule has 2 amide bonds. The molecule has 0 saturated carbocycles. The van der Waals surface area contributed by atoms with Crippen molar-refractivity contribution in [1.82, 2.24) is 9.80 Å². The van der Waals surface area contributed by atoms with Crippen LogP contribution in [0.25, 0.3) is 0 Å². The van der Waals surface area contributed by atoms with E-state index in [9.17, 15) is 19.2 Å². The highest BCUT2D eigenvalue weighted by atomic mass is 16.5. The van der Waals surface area contributed by atoms with Crippen LogP contribution in [0.2, 0.25) is 0 Å². The summed E-state index contributed by atoms with van der Waals surface area (Å²) in [5.74, 6) is -2.01. The highest BCUT2D eigenvalue weighted by molar-refractivity contribution is 6.36. The lowest BCUT2D eigenvalue weighted by Crippen LogP contribution is -2.44. The quantitative estimate of drug-likeness (QED) is 0.509. The van der Waals surface area contributed by atoms with Gasteiger partial charge in [-0.2, -0.15) is 0 Å². The van der Waals surface area contributed by atoms with Crippen LogP contribution >= 0.6 is 0 Å². The molecule has 0 N–H and O–H groups in total. The predicted molar refractivity (Wildman–Crippen MR) is 98.5 cm³/mol. The molecule has 1 saturated heterocycles. The van der Waals surface area contributed by atoms with Gasteiger partial charge < -0.3 is 14.5 Å². The number of Topliss-reactive ketones (excluding diaryl/α,β-unsaturated/α-hetero) is 1. The number of nitrogens with zero attached hydrogens (tertiary/aromatic N) is 2. The lowest BCUT2D eigenvalue weighted by atomic mass is 10.1. The third kappa shape index (κ3) is 5.64. The van der Waals surface area contributed by atoms with Crippen LogP contribution in [-0.4, -0.2) is 59.6 Å². The van der Waals surface area contributed by atoms with E-state index >= 15 is 0 Å². The van der Waals surface area contributed by atoms with Crippen LogP contribution in [0.1, 0.15) is 38.2 Å². The minimum absolute atomic E-state index is 0.0184. The Bertz CT molecular complexity index is 689. The molecule has 1 heterocycles. The number of rotatable bonds is 8. The predicted octanol–water partition coefficient (Wildman–Crippen LogP) is 1.55. The van der Waals surface area contributed by atoms with E-state index in [1.54, 1.807) is 18.9 Å². The third-order valence-electron chi connectivity index (χ3n) is 4.59. The lowest BCUT2D eigenvalue weighted by molar-refractivity contribution is -0.156. The van der Waals surface area contributed by atoms with Gasteiger partial charge in [0.15, 0.2) is 0 Å². The maximum Gasteiger partial charge on any atom is 0.376 e. The van der Waals surface area contributed by atoms with Crippen molar-refractivity contribution < 1.29 is 23.9 Å². The first-order chi connectivity index (χ1) is 12.9. The molecule has 0 bridgehead atoms. The summed E-state index contributed by atoms with van der Waals surface area (Å²) >= 11 is 0. The lowest BCUT2D eigenvalue weighted by Gasteiger charge is -2.23. The van der Waals surface area contributed by atoms with E-state index < -0.39 is 17.8 Å². The fraction of sp³-hybridized carbons (Fsp3) is 0.500. The average molecular weight is 374 g/mol. The van der Waals surface area contributed by atoms with Crippen LogP contribution in [0, 0.1) is 0 Å². The molecule has 1 fully saturated rings. The number of carbonyl (C=O) groups excluding carboxylic acids is 4. The first kappa shape index (κ1) is 20.6. The molecule has 7 nitrogen and oxygen atoms in total. The summed E-state index contributed by atoms with van der Waals surface area (Å²) in [6, 6.07) is 8.83. The van der Waals surface area contributed by atoms with Crippen molar-refractivity contribution in [2.75, 3.05) is 20.2 Å². The SMILES string of the molecule is CCOC(=O)C(=O)C1CCCN1C(=O)CCC(=O)N(C)Cc1ccccc1. The van der Waals surface area contributed by atoms with Gasteiger partial charge in [-0.1, -0.05) is 30.3 Å². The van der Waals surface area contributed by atoms with Crippen molar-refractivity contribution >= 4 is 23.6 Å². The maximum absolute atomic E-state index is 12.5. The van der Waals surface area contributed by atoms with Crippen molar-refractivity contribution in [2.24, 2.45) is 0 Å². The first-order valence-electron chi connectivity index (χ1n) is 9.22.